The number of carboxylic acids is 1. The van der Waals surface area contributed by atoms with Gasteiger partial charge in [0.2, 0.25) is 5.91 Å². The van der Waals surface area contributed by atoms with Gasteiger partial charge in [-0.05, 0) is 60.9 Å². The minimum atomic E-state index is -0.938. The number of phenols is 1. The van der Waals surface area contributed by atoms with E-state index in [1.54, 1.807) is 12.1 Å². The van der Waals surface area contributed by atoms with Crippen LogP contribution in [-0.2, 0) is 16.0 Å². The molecule has 140 valence electrons. The Hall–Kier alpha value is -3.08. The van der Waals surface area contributed by atoms with Crippen molar-refractivity contribution in [2.75, 3.05) is 0 Å². The molecule has 5 heteroatoms. The highest BCUT2D eigenvalue weighted by Crippen LogP contribution is 2.24. The molecule has 2 aromatic rings. The van der Waals surface area contributed by atoms with Gasteiger partial charge in [0.15, 0.2) is 0 Å². The Kier molecular flexibility index (Phi) is 5.91. The number of carbonyl (C=O) groups excluding carboxylic acids is 1. The summed E-state index contributed by atoms with van der Waals surface area (Å²) in [6.07, 6.45) is 3.76. The molecular formula is C22H23NO4. The number of carbonyl (C=O) groups is 2. The minimum absolute atomic E-state index is 0.152. The van der Waals surface area contributed by atoms with Crippen LogP contribution in [0.5, 0.6) is 5.75 Å². The van der Waals surface area contributed by atoms with Gasteiger partial charge < -0.3 is 15.5 Å². The molecule has 2 aromatic carbocycles. The van der Waals surface area contributed by atoms with Gasteiger partial charge in [-0.25, -0.2) is 4.79 Å². The molecule has 0 unspecified atom stereocenters. The maximum Gasteiger partial charge on any atom is 0.333 e. The molecule has 0 bridgehead atoms. The van der Waals surface area contributed by atoms with Gasteiger partial charge in [-0.3, -0.25) is 4.79 Å². The van der Waals surface area contributed by atoms with Crippen LogP contribution in [0.4, 0.5) is 0 Å². The predicted molar refractivity (Wildman–Crippen MR) is 103 cm³/mol. The van der Waals surface area contributed by atoms with Gasteiger partial charge in [0.25, 0.3) is 0 Å². The van der Waals surface area contributed by atoms with Gasteiger partial charge >= 0.3 is 5.97 Å². The first-order valence-electron chi connectivity index (χ1n) is 9.16. The Bertz CT molecular complexity index is 868. The average Bonchev–Trinajstić information content (AvgIpc) is 2.67. The predicted octanol–water partition coefficient (Wildman–Crippen LogP) is 4.02. The smallest absolute Gasteiger partial charge is 0.333 e. The molecule has 5 nitrogen and oxygen atoms in total. The maximum absolute atomic E-state index is 12.3. The van der Waals surface area contributed by atoms with Crippen LogP contribution in [0.3, 0.4) is 0 Å². The van der Waals surface area contributed by atoms with Crippen molar-refractivity contribution in [1.82, 2.24) is 5.32 Å². The van der Waals surface area contributed by atoms with E-state index < -0.39 is 5.97 Å². The molecule has 3 rings (SSSR count). The van der Waals surface area contributed by atoms with E-state index in [1.807, 2.05) is 36.4 Å². The third-order valence-corrected chi connectivity index (χ3v) is 4.78. The fourth-order valence-corrected chi connectivity index (χ4v) is 3.33. The number of benzene rings is 2. The number of allylic oxidation sites excluding steroid dienone is 1. The van der Waals surface area contributed by atoms with Crippen LogP contribution in [0.1, 0.15) is 37.7 Å². The number of aryl methyl sites for hydroxylation is 1. The van der Waals surface area contributed by atoms with Gasteiger partial charge in [-0.15, -0.1) is 0 Å². The van der Waals surface area contributed by atoms with Crippen LogP contribution in [0.2, 0.25) is 0 Å². The molecule has 27 heavy (non-hydrogen) atoms. The van der Waals surface area contributed by atoms with Gasteiger partial charge in [0.05, 0.1) is 5.57 Å². The summed E-state index contributed by atoms with van der Waals surface area (Å²) in [7, 11) is 0. The van der Waals surface area contributed by atoms with Crippen LogP contribution in [0, 0.1) is 0 Å². The first kappa shape index (κ1) is 18.7. The zero-order valence-electron chi connectivity index (χ0n) is 15.1. The lowest BCUT2D eigenvalue weighted by atomic mass is 9.96. The highest BCUT2D eigenvalue weighted by Gasteiger charge is 2.19. The number of amides is 1. The number of carboxylic acid groups (broad SMARTS) is 1. The number of rotatable bonds is 6. The van der Waals surface area contributed by atoms with E-state index in [4.69, 9.17) is 0 Å². The molecule has 3 N–H and O–H groups in total. The standard InChI is InChI=1S/C22H23NO4/c24-18-11-9-16(10-12-18)17-5-3-4-15(14-17)8-13-21(25)23-20-7-2-1-6-19(20)22(26)27/h3-5,9-12,14,24H,1-2,6-8,13H2,(H,23,25)(H,26,27). The van der Waals surface area contributed by atoms with E-state index in [0.29, 0.717) is 37.0 Å². The highest BCUT2D eigenvalue weighted by molar-refractivity contribution is 5.89. The van der Waals surface area contributed by atoms with Crippen LogP contribution >= 0.6 is 0 Å². The molecule has 0 aliphatic heterocycles. The quantitative estimate of drug-likeness (QED) is 0.722. The summed E-state index contributed by atoms with van der Waals surface area (Å²) < 4.78 is 0. The van der Waals surface area contributed by atoms with Crippen molar-refractivity contribution in [3.8, 4) is 16.9 Å². The van der Waals surface area contributed by atoms with Crippen LogP contribution < -0.4 is 5.32 Å². The Morgan fingerprint density at radius 1 is 0.963 bits per heavy atom. The zero-order valence-corrected chi connectivity index (χ0v) is 15.1. The number of hydrogen-bond acceptors (Lipinski definition) is 3. The van der Waals surface area contributed by atoms with Gasteiger partial charge in [0, 0.05) is 12.1 Å². The fraction of sp³-hybridized carbons (Fsp3) is 0.273. The molecule has 0 aromatic heterocycles. The lowest BCUT2D eigenvalue weighted by Gasteiger charge is -2.18. The largest absolute Gasteiger partial charge is 0.508 e. The topological polar surface area (TPSA) is 86.6 Å². The van der Waals surface area contributed by atoms with E-state index >= 15 is 0 Å². The lowest BCUT2D eigenvalue weighted by Crippen LogP contribution is -2.27. The van der Waals surface area contributed by atoms with E-state index in [-0.39, 0.29) is 11.7 Å². The molecule has 1 aliphatic carbocycles. The first-order chi connectivity index (χ1) is 13.0. The average molecular weight is 365 g/mol. The molecule has 0 heterocycles. The molecule has 0 spiro atoms. The number of hydrogen-bond donors (Lipinski definition) is 3. The molecule has 0 saturated carbocycles. The highest BCUT2D eigenvalue weighted by atomic mass is 16.4. The lowest BCUT2D eigenvalue weighted by molar-refractivity contribution is -0.133. The zero-order chi connectivity index (χ0) is 19.2. The van der Waals surface area contributed by atoms with Crippen molar-refractivity contribution >= 4 is 11.9 Å². The second-order valence-electron chi connectivity index (χ2n) is 6.76. The second kappa shape index (κ2) is 8.54. The molecule has 0 radical (unpaired) electrons. The summed E-state index contributed by atoms with van der Waals surface area (Å²) in [4.78, 5) is 23.6. The molecule has 0 atom stereocenters. The van der Waals surface area contributed by atoms with Gasteiger partial charge in [-0.1, -0.05) is 36.4 Å². The maximum atomic E-state index is 12.3. The third-order valence-electron chi connectivity index (χ3n) is 4.78. The fourth-order valence-electron chi connectivity index (χ4n) is 3.33. The van der Waals surface area contributed by atoms with E-state index in [9.17, 15) is 19.8 Å². The van der Waals surface area contributed by atoms with Crippen molar-refractivity contribution in [2.24, 2.45) is 0 Å². The summed E-state index contributed by atoms with van der Waals surface area (Å²) >= 11 is 0. The van der Waals surface area contributed by atoms with E-state index in [2.05, 4.69) is 5.32 Å². The van der Waals surface area contributed by atoms with Crippen molar-refractivity contribution in [3.05, 3.63) is 65.4 Å². The molecule has 1 amide bonds. The van der Waals surface area contributed by atoms with E-state index in [1.165, 1.54) is 0 Å². The number of aromatic hydroxyl groups is 1. The summed E-state index contributed by atoms with van der Waals surface area (Å²) in [5.41, 5.74) is 3.96. The van der Waals surface area contributed by atoms with Crippen molar-refractivity contribution in [2.45, 2.75) is 38.5 Å². The third kappa shape index (κ3) is 4.97. The number of nitrogens with one attached hydrogen (secondary N) is 1. The molecule has 0 saturated heterocycles. The molecular weight excluding hydrogens is 342 g/mol. The Morgan fingerprint density at radius 2 is 1.70 bits per heavy atom. The van der Waals surface area contributed by atoms with Gasteiger partial charge in [-0.2, -0.15) is 0 Å². The van der Waals surface area contributed by atoms with Crippen molar-refractivity contribution < 1.29 is 19.8 Å². The van der Waals surface area contributed by atoms with Gasteiger partial charge in [0.1, 0.15) is 5.75 Å². The summed E-state index contributed by atoms with van der Waals surface area (Å²) in [6.45, 7) is 0. The number of aliphatic carboxylic acids is 1. The van der Waals surface area contributed by atoms with Crippen LogP contribution in [-0.4, -0.2) is 22.1 Å². The normalized spacial score (nSPS) is 14.1. The van der Waals surface area contributed by atoms with Crippen LogP contribution in [0.15, 0.2) is 59.8 Å². The summed E-state index contributed by atoms with van der Waals surface area (Å²) in [5.74, 6) is -0.864. The molecule has 1 aliphatic rings. The van der Waals surface area contributed by atoms with Crippen LogP contribution in [0.25, 0.3) is 11.1 Å². The monoisotopic (exact) mass is 365 g/mol. The minimum Gasteiger partial charge on any atom is -0.508 e. The van der Waals surface area contributed by atoms with Crippen molar-refractivity contribution in [3.63, 3.8) is 0 Å². The summed E-state index contributed by atoms with van der Waals surface area (Å²) in [6, 6.07) is 14.9. The SMILES string of the molecule is O=C(CCc1cccc(-c2ccc(O)cc2)c1)NC1=C(C(=O)O)CCCC1. The Morgan fingerprint density at radius 3 is 2.44 bits per heavy atom. The number of phenolic OH excluding ortho intramolecular Hbond substituents is 1. The molecule has 0 fully saturated rings. The summed E-state index contributed by atoms with van der Waals surface area (Å²) in [5, 5.41) is 21.5. The van der Waals surface area contributed by atoms with E-state index in [0.717, 1.165) is 29.5 Å². The first-order valence-corrected chi connectivity index (χ1v) is 9.16. The van der Waals surface area contributed by atoms with Crippen molar-refractivity contribution in [1.29, 1.82) is 0 Å². The Labute approximate surface area is 158 Å². The second-order valence-corrected chi connectivity index (χ2v) is 6.76. The Balaban J connectivity index is 1.63.